The predicted molar refractivity (Wildman–Crippen MR) is 116 cm³/mol. The van der Waals surface area contributed by atoms with Crippen molar-refractivity contribution in [3.63, 3.8) is 0 Å². The van der Waals surface area contributed by atoms with E-state index in [1.807, 2.05) is 18.2 Å². The highest BCUT2D eigenvalue weighted by atomic mass is 16.5. The first-order valence-electron chi connectivity index (χ1n) is 9.94. The van der Waals surface area contributed by atoms with Gasteiger partial charge in [0.1, 0.15) is 5.75 Å². The molecule has 1 fully saturated rings. The minimum atomic E-state index is -0.305. The first-order valence-corrected chi connectivity index (χ1v) is 9.94. The quantitative estimate of drug-likeness (QED) is 0.691. The van der Waals surface area contributed by atoms with Crippen LogP contribution < -0.4 is 20.5 Å². The maximum Gasteiger partial charge on any atom is 0.275 e. The number of ether oxygens (including phenoxy) is 1. The Kier molecular flexibility index (Phi) is 5.67. The number of carbonyl (C=O) groups excluding carboxylic acids is 1. The number of amides is 1. The average Bonchev–Trinajstić information content (AvgIpc) is 2.81. The van der Waals surface area contributed by atoms with Gasteiger partial charge in [-0.05, 0) is 18.2 Å². The lowest BCUT2D eigenvalue weighted by atomic mass is 10.1. The van der Waals surface area contributed by atoms with E-state index in [4.69, 9.17) is 4.74 Å². The van der Waals surface area contributed by atoms with Gasteiger partial charge in [-0.3, -0.25) is 14.5 Å². The molecule has 8 heteroatoms. The van der Waals surface area contributed by atoms with Crippen LogP contribution in [-0.2, 0) is 6.67 Å². The Labute approximate surface area is 174 Å². The van der Waals surface area contributed by atoms with E-state index in [1.165, 1.54) is 4.68 Å². The fourth-order valence-corrected chi connectivity index (χ4v) is 3.83. The van der Waals surface area contributed by atoms with Crippen LogP contribution in [0.2, 0.25) is 0 Å². The zero-order valence-corrected chi connectivity index (χ0v) is 17.2. The Bertz CT molecular complexity index is 1120. The van der Waals surface area contributed by atoms with Gasteiger partial charge in [-0.2, -0.15) is 5.10 Å². The molecule has 4 rings (SSSR count). The van der Waals surface area contributed by atoms with E-state index in [2.05, 4.69) is 26.3 Å². The zero-order chi connectivity index (χ0) is 21.1. The van der Waals surface area contributed by atoms with E-state index >= 15 is 0 Å². The SMILES string of the molecule is CNC(=O)c1nn(CN2CCN(c3ccccc3OC)CC2)c(=O)c2ccccc12. The lowest BCUT2D eigenvalue weighted by Crippen LogP contribution is -2.48. The molecule has 0 atom stereocenters. The second-order valence-corrected chi connectivity index (χ2v) is 7.20. The molecule has 0 aliphatic carbocycles. The van der Waals surface area contributed by atoms with E-state index < -0.39 is 0 Å². The number of hydrogen-bond donors (Lipinski definition) is 1. The average molecular weight is 407 g/mol. The highest BCUT2D eigenvalue weighted by Crippen LogP contribution is 2.28. The van der Waals surface area contributed by atoms with Crippen molar-refractivity contribution in [3.05, 3.63) is 64.6 Å². The number of anilines is 1. The highest BCUT2D eigenvalue weighted by Gasteiger charge is 2.22. The summed E-state index contributed by atoms with van der Waals surface area (Å²) in [6.45, 7) is 3.51. The van der Waals surface area contributed by atoms with E-state index in [1.54, 1.807) is 38.4 Å². The van der Waals surface area contributed by atoms with Gasteiger partial charge >= 0.3 is 0 Å². The van der Waals surface area contributed by atoms with Crippen LogP contribution in [0, 0.1) is 0 Å². The van der Waals surface area contributed by atoms with Crippen LogP contribution in [0.4, 0.5) is 5.69 Å². The Morgan fingerprint density at radius 1 is 1.03 bits per heavy atom. The third kappa shape index (κ3) is 3.73. The van der Waals surface area contributed by atoms with Crippen molar-refractivity contribution >= 4 is 22.4 Å². The summed E-state index contributed by atoms with van der Waals surface area (Å²) in [7, 11) is 3.24. The molecule has 0 unspecified atom stereocenters. The maximum absolute atomic E-state index is 12.9. The molecular weight excluding hydrogens is 382 g/mol. The van der Waals surface area contributed by atoms with Crippen molar-refractivity contribution in [1.82, 2.24) is 20.0 Å². The summed E-state index contributed by atoms with van der Waals surface area (Å²) in [6, 6.07) is 15.1. The Morgan fingerprint density at radius 3 is 2.40 bits per heavy atom. The summed E-state index contributed by atoms with van der Waals surface area (Å²) >= 11 is 0. The van der Waals surface area contributed by atoms with Crippen LogP contribution in [0.25, 0.3) is 10.8 Å². The van der Waals surface area contributed by atoms with Crippen LogP contribution in [0.3, 0.4) is 0 Å². The molecule has 0 spiro atoms. The molecule has 0 bridgehead atoms. The smallest absolute Gasteiger partial charge is 0.275 e. The molecule has 1 aliphatic heterocycles. The van der Waals surface area contributed by atoms with Crippen molar-refractivity contribution in [2.45, 2.75) is 6.67 Å². The van der Waals surface area contributed by atoms with Gasteiger partial charge in [0.25, 0.3) is 11.5 Å². The third-order valence-corrected chi connectivity index (χ3v) is 5.44. The molecule has 2 aromatic carbocycles. The Balaban J connectivity index is 1.55. The number of nitrogens with zero attached hydrogens (tertiary/aromatic N) is 4. The summed E-state index contributed by atoms with van der Waals surface area (Å²) in [5, 5.41) is 8.06. The highest BCUT2D eigenvalue weighted by molar-refractivity contribution is 6.04. The number of nitrogens with one attached hydrogen (secondary N) is 1. The molecular formula is C22H25N5O3. The molecule has 3 aromatic rings. The van der Waals surface area contributed by atoms with Crippen LogP contribution in [0.5, 0.6) is 5.75 Å². The van der Waals surface area contributed by atoms with Crippen LogP contribution in [-0.4, -0.2) is 60.9 Å². The standard InChI is InChI=1S/C22H25N5O3/c1-23-21(28)20-16-7-3-4-8-17(16)22(29)27(24-20)15-25-11-13-26(14-12-25)18-9-5-6-10-19(18)30-2/h3-10H,11-15H2,1-2H3,(H,23,28). The van der Waals surface area contributed by atoms with Gasteiger partial charge in [-0.15, -0.1) is 0 Å². The lowest BCUT2D eigenvalue weighted by Gasteiger charge is -2.36. The van der Waals surface area contributed by atoms with Crippen LogP contribution >= 0.6 is 0 Å². The topological polar surface area (TPSA) is 79.7 Å². The van der Waals surface area contributed by atoms with Crippen LogP contribution in [0.1, 0.15) is 10.5 Å². The molecule has 1 aromatic heterocycles. The number of fused-ring (bicyclic) bond motifs is 1. The zero-order valence-electron chi connectivity index (χ0n) is 17.2. The monoisotopic (exact) mass is 407 g/mol. The van der Waals surface area contributed by atoms with Gasteiger partial charge in [0.2, 0.25) is 0 Å². The van der Waals surface area contributed by atoms with Crippen LogP contribution in [0.15, 0.2) is 53.3 Å². The summed E-state index contributed by atoms with van der Waals surface area (Å²) in [4.78, 5) is 29.7. The molecule has 0 radical (unpaired) electrons. The number of methoxy groups -OCH3 is 1. The fourth-order valence-electron chi connectivity index (χ4n) is 3.83. The predicted octanol–water partition coefficient (Wildman–Crippen LogP) is 1.54. The summed E-state index contributed by atoms with van der Waals surface area (Å²) < 4.78 is 6.87. The number of para-hydroxylation sites is 2. The van der Waals surface area contributed by atoms with Gasteiger partial charge in [0, 0.05) is 38.6 Å². The minimum absolute atomic E-state index is 0.189. The largest absolute Gasteiger partial charge is 0.495 e. The molecule has 8 nitrogen and oxygen atoms in total. The van der Waals surface area contributed by atoms with Gasteiger partial charge in [-0.1, -0.05) is 30.3 Å². The molecule has 1 aliphatic rings. The van der Waals surface area contributed by atoms with E-state index in [0.29, 0.717) is 17.4 Å². The Hall–Kier alpha value is -3.39. The second kappa shape index (κ2) is 8.54. The third-order valence-electron chi connectivity index (χ3n) is 5.44. The van der Waals surface area contributed by atoms with Gasteiger partial charge < -0.3 is 15.0 Å². The van der Waals surface area contributed by atoms with Crippen molar-refractivity contribution in [1.29, 1.82) is 0 Å². The maximum atomic E-state index is 12.9. The number of hydrogen-bond acceptors (Lipinski definition) is 6. The second-order valence-electron chi connectivity index (χ2n) is 7.20. The Morgan fingerprint density at radius 2 is 1.70 bits per heavy atom. The fraction of sp³-hybridized carbons (Fsp3) is 0.318. The number of aromatic nitrogens is 2. The molecule has 0 saturated carbocycles. The number of piperazine rings is 1. The lowest BCUT2D eigenvalue weighted by molar-refractivity contribution is 0.0955. The molecule has 156 valence electrons. The number of rotatable bonds is 5. The normalized spacial score (nSPS) is 14.7. The van der Waals surface area contributed by atoms with Crippen molar-refractivity contribution < 1.29 is 9.53 Å². The molecule has 30 heavy (non-hydrogen) atoms. The van der Waals surface area contributed by atoms with Crippen molar-refractivity contribution in [2.24, 2.45) is 0 Å². The van der Waals surface area contributed by atoms with E-state index in [0.717, 1.165) is 37.6 Å². The van der Waals surface area contributed by atoms with Crippen molar-refractivity contribution in [3.8, 4) is 5.75 Å². The first-order chi connectivity index (χ1) is 14.6. The van der Waals surface area contributed by atoms with Gasteiger partial charge in [0.15, 0.2) is 5.69 Å². The van der Waals surface area contributed by atoms with E-state index in [9.17, 15) is 9.59 Å². The molecule has 1 amide bonds. The molecule has 1 saturated heterocycles. The number of carbonyl (C=O) groups is 1. The summed E-state index contributed by atoms with van der Waals surface area (Å²) in [5.74, 6) is 0.550. The van der Waals surface area contributed by atoms with Gasteiger partial charge in [-0.25, -0.2) is 4.68 Å². The van der Waals surface area contributed by atoms with E-state index in [-0.39, 0.29) is 17.2 Å². The minimum Gasteiger partial charge on any atom is -0.495 e. The first kappa shape index (κ1) is 19.9. The summed E-state index contributed by atoms with van der Waals surface area (Å²) in [6.07, 6.45) is 0. The molecule has 1 N–H and O–H groups in total. The molecule has 2 heterocycles. The van der Waals surface area contributed by atoms with Gasteiger partial charge in [0.05, 0.1) is 24.9 Å². The number of benzene rings is 2. The van der Waals surface area contributed by atoms with Crippen molar-refractivity contribution in [2.75, 3.05) is 45.2 Å². The summed E-state index contributed by atoms with van der Waals surface area (Å²) in [5.41, 5.74) is 1.15.